The molecule has 0 radical (unpaired) electrons. The summed E-state index contributed by atoms with van der Waals surface area (Å²) in [6, 6.07) is 14.0. The number of carbonyl (C=O) groups excluding carboxylic acids is 1. The number of carboxylic acids is 1. The van der Waals surface area contributed by atoms with Crippen LogP contribution in [-0.2, 0) is 5.41 Å². The van der Waals surface area contributed by atoms with Crippen LogP contribution >= 0.6 is 0 Å². The third-order valence-electron chi connectivity index (χ3n) is 5.52. The predicted octanol–water partition coefficient (Wildman–Crippen LogP) is 3.82. The molecule has 3 aromatic rings. The monoisotopic (exact) mass is 374 g/mol. The van der Waals surface area contributed by atoms with Crippen molar-refractivity contribution in [3.05, 3.63) is 82.4 Å². The number of fused-ring (bicyclic) bond motifs is 6. The standard InChI is InChI=1S/C22H14O6/c23-12-2-5-16-19(8-12)28-20-9-13(24)3-6-17(20)22(16)10-18(25)14-7-11(21(26)27)1-4-15(14)22/h1-9,23-24H,10H2,(H,26,27). The van der Waals surface area contributed by atoms with E-state index < -0.39 is 11.4 Å². The molecule has 3 aromatic carbocycles. The second-order valence-corrected chi connectivity index (χ2v) is 7.03. The van der Waals surface area contributed by atoms with Gasteiger partial charge in [0.1, 0.15) is 23.0 Å². The van der Waals surface area contributed by atoms with Crippen LogP contribution in [0.4, 0.5) is 0 Å². The number of aromatic hydroxyl groups is 2. The topological polar surface area (TPSA) is 104 Å². The van der Waals surface area contributed by atoms with Gasteiger partial charge < -0.3 is 20.1 Å². The Labute approximate surface area is 159 Å². The van der Waals surface area contributed by atoms with E-state index in [4.69, 9.17) is 4.74 Å². The highest BCUT2D eigenvalue weighted by Gasteiger charge is 2.51. The van der Waals surface area contributed by atoms with E-state index in [0.717, 1.165) is 0 Å². The second-order valence-electron chi connectivity index (χ2n) is 7.03. The van der Waals surface area contributed by atoms with Crippen LogP contribution in [0, 0.1) is 0 Å². The number of phenolic OH excluding ortho intramolecular Hbond substituents is 2. The zero-order valence-corrected chi connectivity index (χ0v) is 14.5. The van der Waals surface area contributed by atoms with E-state index in [1.54, 1.807) is 18.2 Å². The Hall–Kier alpha value is -3.80. The maximum absolute atomic E-state index is 12.9. The number of rotatable bonds is 1. The number of carboxylic acid groups (broad SMARTS) is 1. The van der Waals surface area contributed by atoms with E-state index in [2.05, 4.69) is 0 Å². The predicted molar refractivity (Wildman–Crippen MR) is 98.5 cm³/mol. The van der Waals surface area contributed by atoms with Gasteiger partial charge in [-0.05, 0) is 29.8 Å². The van der Waals surface area contributed by atoms with Crippen LogP contribution in [0.2, 0.25) is 0 Å². The van der Waals surface area contributed by atoms with Crippen LogP contribution in [0.5, 0.6) is 23.0 Å². The van der Waals surface area contributed by atoms with Crippen molar-refractivity contribution in [3.63, 3.8) is 0 Å². The molecule has 2 aliphatic rings. The molecule has 138 valence electrons. The molecule has 1 heterocycles. The summed E-state index contributed by atoms with van der Waals surface area (Å²) in [6.45, 7) is 0. The van der Waals surface area contributed by atoms with Crippen molar-refractivity contribution in [3.8, 4) is 23.0 Å². The van der Waals surface area contributed by atoms with E-state index in [9.17, 15) is 24.9 Å². The number of benzene rings is 3. The summed E-state index contributed by atoms with van der Waals surface area (Å²) < 4.78 is 5.91. The lowest BCUT2D eigenvalue weighted by molar-refractivity contribution is 0.0697. The molecule has 1 spiro atoms. The van der Waals surface area contributed by atoms with Crippen molar-refractivity contribution in [1.29, 1.82) is 0 Å². The molecule has 0 fully saturated rings. The third kappa shape index (κ3) is 2.02. The van der Waals surface area contributed by atoms with Gasteiger partial charge in [-0.1, -0.05) is 18.2 Å². The number of Topliss-reactive ketones (excluding diaryl/α,β-unsaturated/α-hetero) is 1. The Morgan fingerprint density at radius 3 is 2.00 bits per heavy atom. The SMILES string of the molecule is O=C(O)c1ccc2c(c1)C(=O)CC21c2ccc(O)cc2Oc2cc(O)ccc21. The fourth-order valence-corrected chi connectivity index (χ4v) is 4.35. The zero-order chi connectivity index (χ0) is 19.6. The number of hydrogen-bond acceptors (Lipinski definition) is 5. The number of aromatic carboxylic acids is 1. The minimum Gasteiger partial charge on any atom is -0.508 e. The summed E-state index contributed by atoms with van der Waals surface area (Å²) in [5.74, 6) is -0.453. The Bertz CT molecular complexity index is 1140. The maximum atomic E-state index is 12.9. The number of ether oxygens (including phenoxy) is 1. The highest BCUT2D eigenvalue weighted by Crippen LogP contribution is 2.58. The summed E-state index contributed by atoms with van der Waals surface area (Å²) in [5, 5.41) is 29.1. The van der Waals surface area contributed by atoms with Gasteiger partial charge in [0.05, 0.1) is 11.0 Å². The minimum absolute atomic E-state index is 0.0169. The van der Waals surface area contributed by atoms with Crippen LogP contribution in [-0.4, -0.2) is 27.1 Å². The molecule has 3 N–H and O–H groups in total. The van der Waals surface area contributed by atoms with Crippen LogP contribution in [0.15, 0.2) is 54.6 Å². The third-order valence-corrected chi connectivity index (χ3v) is 5.52. The molecule has 1 aliphatic heterocycles. The molecule has 1 aliphatic carbocycles. The van der Waals surface area contributed by atoms with Crippen molar-refractivity contribution < 1.29 is 29.6 Å². The summed E-state index contributed by atoms with van der Waals surface area (Å²) in [6.07, 6.45) is 0.102. The molecule has 0 bridgehead atoms. The molecule has 0 saturated carbocycles. The van der Waals surface area contributed by atoms with Crippen molar-refractivity contribution in [1.82, 2.24) is 0 Å². The first-order valence-corrected chi connectivity index (χ1v) is 8.66. The van der Waals surface area contributed by atoms with Crippen LogP contribution in [0.1, 0.15) is 43.8 Å². The largest absolute Gasteiger partial charge is 0.508 e. The Morgan fingerprint density at radius 1 is 0.857 bits per heavy atom. The van der Waals surface area contributed by atoms with Crippen molar-refractivity contribution in [2.45, 2.75) is 11.8 Å². The minimum atomic E-state index is -1.10. The van der Waals surface area contributed by atoms with Crippen LogP contribution in [0.3, 0.4) is 0 Å². The number of phenols is 2. The molecule has 0 saturated heterocycles. The van der Waals surface area contributed by atoms with Gasteiger partial charge in [0.25, 0.3) is 0 Å². The van der Waals surface area contributed by atoms with Crippen LogP contribution in [0.25, 0.3) is 0 Å². The summed E-state index contributed by atoms with van der Waals surface area (Å²) >= 11 is 0. The van der Waals surface area contributed by atoms with Gasteiger partial charge in [0.2, 0.25) is 0 Å². The summed E-state index contributed by atoms with van der Waals surface area (Å²) in [4.78, 5) is 24.3. The molecule has 5 rings (SSSR count). The lowest BCUT2D eigenvalue weighted by Crippen LogP contribution is -2.30. The Kier molecular flexibility index (Phi) is 3.13. The van der Waals surface area contributed by atoms with Crippen LogP contribution < -0.4 is 4.74 Å². The fourth-order valence-electron chi connectivity index (χ4n) is 4.35. The first-order chi connectivity index (χ1) is 13.4. The van der Waals surface area contributed by atoms with Gasteiger partial charge in [0.15, 0.2) is 5.78 Å². The Morgan fingerprint density at radius 2 is 1.43 bits per heavy atom. The zero-order valence-electron chi connectivity index (χ0n) is 14.5. The van der Waals surface area contributed by atoms with Crippen molar-refractivity contribution in [2.75, 3.05) is 0 Å². The molecular weight excluding hydrogens is 360 g/mol. The number of hydrogen-bond donors (Lipinski definition) is 3. The lowest BCUT2D eigenvalue weighted by atomic mass is 9.68. The lowest BCUT2D eigenvalue weighted by Gasteiger charge is -2.37. The fraction of sp³-hybridized carbons (Fsp3) is 0.0909. The van der Waals surface area contributed by atoms with E-state index in [1.165, 1.54) is 36.4 Å². The van der Waals surface area contributed by atoms with E-state index >= 15 is 0 Å². The van der Waals surface area contributed by atoms with E-state index in [-0.39, 0.29) is 29.3 Å². The maximum Gasteiger partial charge on any atom is 0.335 e. The van der Waals surface area contributed by atoms with Gasteiger partial charge >= 0.3 is 5.97 Å². The normalized spacial score (nSPS) is 15.5. The highest BCUT2D eigenvalue weighted by atomic mass is 16.5. The average molecular weight is 374 g/mol. The molecule has 0 unspecified atom stereocenters. The number of carbonyl (C=O) groups is 2. The van der Waals surface area contributed by atoms with Gasteiger partial charge in [-0.2, -0.15) is 0 Å². The number of ketones is 1. The molecule has 0 atom stereocenters. The van der Waals surface area contributed by atoms with E-state index in [1.807, 2.05) is 0 Å². The molecular formula is C22H14O6. The molecule has 6 nitrogen and oxygen atoms in total. The van der Waals surface area contributed by atoms with Gasteiger partial charge in [0, 0.05) is 35.2 Å². The van der Waals surface area contributed by atoms with E-state index in [0.29, 0.717) is 33.8 Å². The molecule has 0 aromatic heterocycles. The van der Waals surface area contributed by atoms with Gasteiger partial charge in [-0.25, -0.2) is 4.79 Å². The average Bonchev–Trinajstić information content (AvgIpc) is 2.94. The first kappa shape index (κ1) is 16.4. The highest BCUT2D eigenvalue weighted by molar-refractivity contribution is 6.06. The first-order valence-electron chi connectivity index (χ1n) is 8.66. The van der Waals surface area contributed by atoms with Crippen molar-refractivity contribution in [2.24, 2.45) is 0 Å². The summed E-state index contributed by atoms with van der Waals surface area (Å²) in [7, 11) is 0. The van der Waals surface area contributed by atoms with Crippen molar-refractivity contribution >= 4 is 11.8 Å². The Balaban J connectivity index is 1.87. The quantitative estimate of drug-likeness (QED) is 0.598. The second kappa shape index (κ2) is 5.36. The van der Waals surface area contributed by atoms with Gasteiger partial charge in [-0.3, -0.25) is 4.79 Å². The smallest absolute Gasteiger partial charge is 0.335 e. The van der Waals surface area contributed by atoms with Gasteiger partial charge in [-0.15, -0.1) is 0 Å². The molecule has 28 heavy (non-hydrogen) atoms. The summed E-state index contributed by atoms with van der Waals surface area (Å²) in [5.41, 5.74) is 1.63. The molecule has 6 heteroatoms. The molecule has 0 amide bonds.